The molecule has 2 aliphatic heterocycles. The first-order chi connectivity index (χ1) is 12.4. The summed E-state index contributed by atoms with van der Waals surface area (Å²) >= 11 is 0. The van der Waals surface area contributed by atoms with Gasteiger partial charge in [-0.1, -0.05) is 12.1 Å². The minimum absolute atomic E-state index is 0.0591. The normalized spacial score (nSPS) is 18.8. The van der Waals surface area contributed by atoms with E-state index in [2.05, 4.69) is 5.32 Å². The molecule has 1 N–H and O–H groups in total. The molecule has 9 heteroatoms. The monoisotopic (exact) mass is 360 g/mol. The number of hydrogen-bond donors (Lipinski definition) is 1. The Bertz CT molecular complexity index is 856. The van der Waals surface area contributed by atoms with Gasteiger partial charge in [0, 0.05) is 12.1 Å². The Labute approximate surface area is 148 Å². The van der Waals surface area contributed by atoms with Gasteiger partial charge >= 0.3 is 12.1 Å². The molecule has 0 radical (unpaired) electrons. The van der Waals surface area contributed by atoms with Crippen molar-refractivity contribution in [3.05, 3.63) is 62.7 Å². The predicted molar refractivity (Wildman–Crippen MR) is 87.8 cm³/mol. The van der Waals surface area contributed by atoms with Crippen LogP contribution in [0, 0.1) is 10.1 Å². The van der Waals surface area contributed by atoms with Crippen molar-refractivity contribution in [3.63, 3.8) is 0 Å². The Morgan fingerprint density at radius 2 is 2.23 bits per heavy atom. The van der Waals surface area contributed by atoms with Crippen LogP contribution >= 0.6 is 0 Å². The third-order valence-electron chi connectivity index (χ3n) is 4.02. The average molecular weight is 360 g/mol. The fourth-order valence-corrected chi connectivity index (χ4v) is 2.96. The molecule has 9 nitrogen and oxygen atoms in total. The third-order valence-corrected chi connectivity index (χ3v) is 4.02. The zero-order valence-corrected chi connectivity index (χ0v) is 14.1. The molecule has 0 fully saturated rings. The summed E-state index contributed by atoms with van der Waals surface area (Å²) in [7, 11) is 0. The summed E-state index contributed by atoms with van der Waals surface area (Å²) < 4.78 is 15.2. The fourth-order valence-electron chi connectivity index (χ4n) is 2.96. The molecule has 0 saturated heterocycles. The Hall–Kier alpha value is -3.36. The SMILES string of the molecule is CCOC(=O)OC1=C(C)NC2=C(C(=O)OC2)C1c1cccc([N+](=O)[O-])c1. The van der Waals surface area contributed by atoms with E-state index in [0.717, 1.165) is 0 Å². The maximum absolute atomic E-state index is 12.2. The quantitative estimate of drug-likeness (QED) is 0.494. The second kappa shape index (κ2) is 6.87. The largest absolute Gasteiger partial charge is 0.513 e. The first-order valence-corrected chi connectivity index (χ1v) is 7.89. The highest BCUT2D eigenvalue weighted by molar-refractivity contribution is 5.95. The lowest BCUT2D eigenvalue weighted by Crippen LogP contribution is -2.28. The van der Waals surface area contributed by atoms with Crippen molar-refractivity contribution < 1.29 is 28.7 Å². The first kappa shape index (κ1) is 17.5. The van der Waals surface area contributed by atoms with Crippen LogP contribution in [0.15, 0.2) is 47.0 Å². The van der Waals surface area contributed by atoms with Gasteiger partial charge in [0.2, 0.25) is 0 Å². The van der Waals surface area contributed by atoms with Crippen LogP contribution < -0.4 is 5.32 Å². The summed E-state index contributed by atoms with van der Waals surface area (Å²) in [6.07, 6.45) is -0.922. The maximum Gasteiger partial charge on any atom is 0.513 e. The molecule has 2 aliphatic rings. The van der Waals surface area contributed by atoms with Gasteiger partial charge in [-0.05, 0) is 19.4 Å². The molecule has 3 rings (SSSR count). The highest BCUT2D eigenvalue weighted by atomic mass is 16.7. The van der Waals surface area contributed by atoms with Crippen LogP contribution in [-0.2, 0) is 19.0 Å². The summed E-state index contributed by atoms with van der Waals surface area (Å²) in [5, 5.41) is 14.1. The number of hydrogen-bond acceptors (Lipinski definition) is 8. The maximum atomic E-state index is 12.2. The van der Waals surface area contributed by atoms with Crippen molar-refractivity contribution in [2.24, 2.45) is 0 Å². The van der Waals surface area contributed by atoms with E-state index in [9.17, 15) is 19.7 Å². The topological polar surface area (TPSA) is 117 Å². The number of nitrogens with zero attached hydrogens (tertiary/aromatic N) is 1. The van der Waals surface area contributed by atoms with Crippen LogP contribution in [0.2, 0.25) is 0 Å². The van der Waals surface area contributed by atoms with Crippen molar-refractivity contribution in [2.75, 3.05) is 13.2 Å². The van der Waals surface area contributed by atoms with Crippen LogP contribution in [0.3, 0.4) is 0 Å². The Morgan fingerprint density at radius 1 is 1.46 bits per heavy atom. The number of benzene rings is 1. The second-order valence-electron chi connectivity index (χ2n) is 5.65. The summed E-state index contributed by atoms with van der Waals surface area (Å²) in [4.78, 5) is 34.6. The minimum Gasteiger partial charge on any atom is -0.456 e. The van der Waals surface area contributed by atoms with Gasteiger partial charge < -0.3 is 19.5 Å². The minimum atomic E-state index is -0.922. The van der Waals surface area contributed by atoms with E-state index in [4.69, 9.17) is 14.2 Å². The number of cyclic esters (lactones) is 1. The van der Waals surface area contributed by atoms with Crippen LogP contribution in [-0.4, -0.2) is 30.3 Å². The van der Waals surface area contributed by atoms with Crippen LogP contribution in [0.1, 0.15) is 25.3 Å². The standard InChI is InChI=1S/C17H16N2O7/c1-3-24-17(21)26-15-9(2)18-12-8-25-16(20)14(12)13(15)10-5-4-6-11(7-10)19(22)23/h4-7,13,18H,3,8H2,1-2H3. The molecular formula is C17H16N2O7. The zero-order valence-electron chi connectivity index (χ0n) is 14.1. The van der Waals surface area contributed by atoms with E-state index >= 15 is 0 Å². The smallest absolute Gasteiger partial charge is 0.456 e. The Kier molecular flexibility index (Phi) is 4.61. The number of ether oxygens (including phenoxy) is 3. The van der Waals surface area contributed by atoms with Crippen molar-refractivity contribution >= 4 is 17.8 Å². The predicted octanol–water partition coefficient (Wildman–Crippen LogP) is 2.50. The van der Waals surface area contributed by atoms with Crippen molar-refractivity contribution in [3.8, 4) is 0 Å². The number of nitro groups is 1. The molecule has 0 amide bonds. The van der Waals surface area contributed by atoms with Gasteiger partial charge in [-0.3, -0.25) is 10.1 Å². The Morgan fingerprint density at radius 3 is 2.92 bits per heavy atom. The number of non-ortho nitro benzene ring substituents is 1. The highest BCUT2D eigenvalue weighted by Crippen LogP contribution is 2.42. The molecule has 0 saturated carbocycles. The van der Waals surface area contributed by atoms with E-state index in [1.807, 2.05) is 0 Å². The van der Waals surface area contributed by atoms with Gasteiger partial charge in [0.25, 0.3) is 5.69 Å². The van der Waals surface area contributed by atoms with Crippen molar-refractivity contribution in [1.82, 2.24) is 5.32 Å². The molecular weight excluding hydrogens is 344 g/mol. The average Bonchev–Trinajstić information content (AvgIpc) is 2.96. The molecule has 1 aromatic rings. The zero-order chi connectivity index (χ0) is 18.8. The fraction of sp³-hybridized carbons (Fsp3) is 0.294. The summed E-state index contributed by atoms with van der Waals surface area (Å²) in [5.41, 5.74) is 1.59. The van der Waals surface area contributed by atoms with Gasteiger partial charge in [-0.15, -0.1) is 0 Å². The molecule has 0 aliphatic carbocycles. The van der Waals surface area contributed by atoms with Crippen LogP contribution in [0.25, 0.3) is 0 Å². The summed E-state index contributed by atoms with van der Waals surface area (Å²) in [6, 6.07) is 5.82. The van der Waals surface area contributed by atoms with E-state index in [1.165, 1.54) is 18.2 Å². The number of dihydropyridines is 1. The van der Waals surface area contributed by atoms with E-state index < -0.39 is 23.0 Å². The van der Waals surface area contributed by atoms with Gasteiger partial charge in [-0.2, -0.15) is 0 Å². The molecule has 0 bridgehead atoms. The second-order valence-corrected chi connectivity index (χ2v) is 5.65. The highest BCUT2D eigenvalue weighted by Gasteiger charge is 2.41. The van der Waals surface area contributed by atoms with E-state index in [0.29, 0.717) is 17.0 Å². The molecule has 1 aromatic carbocycles. The molecule has 0 aromatic heterocycles. The Balaban J connectivity index is 2.09. The number of rotatable bonds is 4. The molecule has 0 spiro atoms. The van der Waals surface area contributed by atoms with E-state index in [1.54, 1.807) is 19.9 Å². The van der Waals surface area contributed by atoms with Crippen molar-refractivity contribution in [2.45, 2.75) is 19.8 Å². The summed E-state index contributed by atoms with van der Waals surface area (Å²) in [5.74, 6) is -1.24. The van der Waals surface area contributed by atoms with Gasteiger partial charge in [0.15, 0.2) is 0 Å². The number of carbonyl (C=O) groups excluding carboxylic acids is 2. The number of carbonyl (C=O) groups is 2. The first-order valence-electron chi connectivity index (χ1n) is 7.89. The van der Waals surface area contributed by atoms with Crippen LogP contribution in [0.4, 0.5) is 10.5 Å². The third kappa shape index (κ3) is 3.10. The van der Waals surface area contributed by atoms with Gasteiger partial charge in [0.1, 0.15) is 12.4 Å². The van der Waals surface area contributed by atoms with Gasteiger partial charge in [0.05, 0.1) is 34.4 Å². The van der Waals surface area contributed by atoms with Crippen molar-refractivity contribution in [1.29, 1.82) is 0 Å². The number of nitrogens with one attached hydrogen (secondary N) is 1. The lowest BCUT2D eigenvalue weighted by atomic mass is 9.85. The molecule has 2 heterocycles. The van der Waals surface area contributed by atoms with Gasteiger partial charge in [-0.25, -0.2) is 9.59 Å². The number of esters is 1. The molecule has 136 valence electrons. The number of allylic oxidation sites excluding steroid dienone is 2. The molecule has 26 heavy (non-hydrogen) atoms. The molecule has 1 unspecified atom stereocenters. The lowest BCUT2D eigenvalue weighted by molar-refractivity contribution is -0.384. The van der Waals surface area contributed by atoms with Crippen LogP contribution in [0.5, 0.6) is 0 Å². The van der Waals surface area contributed by atoms with E-state index in [-0.39, 0.29) is 30.2 Å². The lowest BCUT2D eigenvalue weighted by Gasteiger charge is -2.27. The summed E-state index contributed by atoms with van der Waals surface area (Å²) in [6.45, 7) is 3.49. The number of nitro benzene ring substituents is 1. The molecule has 1 atom stereocenters.